The summed E-state index contributed by atoms with van der Waals surface area (Å²) in [5.74, 6) is 0. The van der Waals surface area contributed by atoms with Gasteiger partial charge in [0.05, 0.1) is 15.7 Å². The Hall–Kier alpha value is -0.860. The summed E-state index contributed by atoms with van der Waals surface area (Å²) in [4.78, 5) is 0. The Labute approximate surface area is 100 Å². The summed E-state index contributed by atoms with van der Waals surface area (Å²) in [6, 6.07) is 3.59. The zero-order valence-electron chi connectivity index (χ0n) is 8.56. The number of hydrogen-bond donors (Lipinski definition) is 2. The summed E-state index contributed by atoms with van der Waals surface area (Å²) in [6.45, 7) is 5.71. The largest absolute Gasteiger partial charge is 0.399 e. The predicted octanol–water partition coefficient (Wildman–Crippen LogP) is 3.95. The molecule has 4 heteroatoms. The molecule has 0 spiro atoms. The topological polar surface area (TPSA) is 38.0 Å². The molecule has 0 aromatic heterocycles. The molecule has 82 valence electrons. The second-order valence-corrected chi connectivity index (χ2v) is 4.24. The molecule has 1 rings (SSSR count). The Balaban J connectivity index is 2.89. The molecule has 0 aliphatic heterocycles. The minimum absolute atomic E-state index is 0.237. The van der Waals surface area contributed by atoms with Gasteiger partial charge in [-0.1, -0.05) is 29.3 Å². The molecule has 1 atom stereocenters. The van der Waals surface area contributed by atoms with E-state index >= 15 is 0 Å². The van der Waals surface area contributed by atoms with Crippen LogP contribution in [0.1, 0.15) is 13.3 Å². The summed E-state index contributed by atoms with van der Waals surface area (Å²) in [6.07, 6.45) is 2.69. The molecule has 15 heavy (non-hydrogen) atoms. The van der Waals surface area contributed by atoms with Crippen molar-refractivity contribution in [1.82, 2.24) is 0 Å². The lowest BCUT2D eigenvalue weighted by Gasteiger charge is -2.16. The van der Waals surface area contributed by atoms with Crippen LogP contribution in [0, 0.1) is 0 Å². The van der Waals surface area contributed by atoms with E-state index in [1.165, 1.54) is 0 Å². The van der Waals surface area contributed by atoms with Crippen molar-refractivity contribution >= 4 is 34.6 Å². The molecular weight excluding hydrogens is 231 g/mol. The fourth-order valence-electron chi connectivity index (χ4n) is 1.29. The zero-order valence-corrected chi connectivity index (χ0v) is 10.1. The zero-order chi connectivity index (χ0) is 11.4. The third kappa shape index (κ3) is 3.33. The first kappa shape index (κ1) is 12.2. The van der Waals surface area contributed by atoms with Crippen LogP contribution in [0.25, 0.3) is 0 Å². The van der Waals surface area contributed by atoms with Crippen LogP contribution in [0.15, 0.2) is 24.8 Å². The van der Waals surface area contributed by atoms with E-state index in [0.717, 1.165) is 12.1 Å². The molecule has 0 fully saturated rings. The Kier molecular flexibility index (Phi) is 4.30. The van der Waals surface area contributed by atoms with Crippen LogP contribution >= 0.6 is 23.2 Å². The average molecular weight is 245 g/mol. The molecule has 0 saturated heterocycles. The maximum Gasteiger partial charge on any atom is 0.0722 e. The summed E-state index contributed by atoms with van der Waals surface area (Å²) >= 11 is 12.1. The van der Waals surface area contributed by atoms with Gasteiger partial charge >= 0.3 is 0 Å². The van der Waals surface area contributed by atoms with E-state index in [4.69, 9.17) is 28.9 Å². The van der Waals surface area contributed by atoms with E-state index in [1.807, 2.05) is 13.0 Å². The molecule has 0 aliphatic rings. The quantitative estimate of drug-likeness (QED) is 0.622. The van der Waals surface area contributed by atoms with Gasteiger partial charge in [-0.25, -0.2) is 0 Å². The monoisotopic (exact) mass is 244 g/mol. The normalized spacial score (nSPS) is 12.2. The molecular formula is C11H14Cl2N2. The highest BCUT2D eigenvalue weighted by Gasteiger charge is 2.09. The third-order valence-electron chi connectivity index (χ3n) is 1.98. The van der Waals surface area contributed by atoms with Crippen molar-refractivity contribution in [3.8, 4) is 0 Å². The van der Waals surface area contributed by atoms with E-state index in [2.05, 4.69) is 11.9 Å². The van der Waals surface area contributed by atoms with Crippen molar-refractivity contribution in [2.24, 2.45) is 0 Å². The number of benzene rings is 1. The highest BCUT2D eigenvalue weighted by molar-refractivity contribution is 6.39. The van der Waals surface area contributed by atoms with Gasteiger partial charge in [0, 0.05) is 11.7 Å². The molecule has 2 nitrogen and oxygen atoms in total. The molecule has 0 bridgehead atoms. The number of nitrogens with two attached hydrogens (primary N) is 1. The number of nitrogen functional groups attached to an aromatic ring is 1. The predicted molar refractivity (Wildman–Crippen MR) is 68.8 cm³/mol. The van der Waals surface area contributed by atoms with Gasteiger partial charge in [-0.15, -0.1) is 6.58 Å². The number of anilines is 2. The van der Waals surface area contributed by atoms with E-state index in [1.54, 1.807) is 12.1 Å². The van der Waals surface area contributed by atoms with Crippen molar-refractivity contribution < 1.29 is 0 Å². The number of halogens is 2. The minimum Gasteiger partial charge on any atom is -0.399 e. The maximum absolute atomic E-state index is 6.03. The van der Waals surface area contributed by atoms with E-state index < -0.39 is 0 Å². The van der Waals surface area contributed by atoms with Crippen molar-refractivity contribution in [3.05, 3.63) is 34.8 Å². The van der Waals surface area contributed by atoms with E-state index in [0.29, 0.717) is 15.7 Å². The summed E-state index contributed by atoms with van der Waals surface area (Å²) < 4.78 is 0. The first-order chi connectivity index (χ1) is 7.04. The van der Waals surface area contributed by atoms with Gasteiger partial charge in [0.1, 0.15) is 0 Å². The van der Waals surface area contributed by atoms with Crippen molar-refractivity contribution in [3.63, 3.8) is 0 Å². The summed E-state index contributed by atoms with van der Waals surface area (Å²) in [5.41, 5.74) is 6.89. The molecule has 0 amide bonds. The summed E-state index contributed by atoms with van der Waals surface area (Å²) in [7, 11) is 0. The molecule has 0 aliphatic carbocycles. The van der Waals surface area contributed by atoms with Gasteiger partial charge in [0.2, 0.25) is 0 Å². The molecule has 0 saturated carbocycles. The van der Waals surface area contributed by atoms with Crippen LogP contribution < -0.4 is 11.1 Å². The minimum atomic E-state index is 0.237. The lowest BCUT2D eigenvalue weighted by Crippen LogP contribution is -2.14. The lowest BCUT2D eigenvalue weighted by atomic mass is 10.2. The third-order valence-corrected chi connectivity index (χ3v) is 2.57. The standard InChI is InChI=1S/C11H14Cl2N2/c1-3-4-7(2)15-11-9(12)5-8(14)6-10(11)13/h3,5-7,15H,1,4,14H2,2H3. The number of hydrogen-bond acceptors (Lipinski definition) is 2. The van der Waals surface area contributed by atoms with Crippen LogP contribution in [0.2, 0.25) is 10.0 Å². The lowest BCUT2D eigenvalue weighted by molar-refractivity contribution is 0.814. The van der Waals surface area contributed by atoms with Crippen LogP contribution in [-0.2, 0) is 0 Å². The first-order valence-electron chi connectivity index (χ1n) is 4.66. The average Bonchev–Trinajstić information content (AvgIpc) is 2.11. The number of rotatable bonds is 4. The first-order valence-corrected chi connectivity index (χ1v) is 5.42. The van der Waals surface area contributed by atoms with Gasteiger partial charge in [-0.3, -0.25) is 0 Å². The van der Waals surface area contributed by atoms with Gasteiger partial charge in [-0.2, -0.15) is 0 Å². The smallest absolute Gasteiger partial charge is 0.0722 e. The highest BCUT2D eigenvalue weighted by Crippen LogP contribution is 2.33. The van der Waals surface area contributed by atoms with E-state index in [9.17, 15) is 0 Å². The van der Waals surface area contributed by atoms with Crippen LogP contribution in [0.5, 0.6) is 0 Å². The van der Waals surface area contributed by atoms with E-state index in [-0.39, 0.29) is 6.04 Å². The Bertz CT molecular complexity index is 341. The molecule has 3 N–H and O–H groups in total. The Morgan fingerprint density at radius 1 is 1.47 bits per heavy atom. The SMILES string of the molecule is C=CCC(C)Nc1c(Cl)cc(N)cc1Cl. The second kappa shape index (κ2) is 5.29. The fourth-order valence-corrected chi connectivity index (χ4v) is 1.90. The van der Waals surface area contributed by atoms with Crippen LogP contribution in [0.4, 0.5) is 11.4 Å². The van der Waals surface area contributed by atoms with Crippen molar-refractivity contribution in [2.75, 3.05) is 11.1 Å². The maximum atomic E-state index is 6.03. The van der Waals surface area contributed by atoms with Crippen molar-refractivity contribution in [1.29, 1.82) is 0 Å². The molecule has 0 radical (unpaired) electrons. The highest BCUT2D eigenvalue weighted by atomic mass is 35.5. The van der Waals surface area contributed by atoms with Crippen LogP contribution in [0.3, 0.4) is 0 Å². The molecule has 0 heterocycles. The van der Waals surface area contributed by atoms with Gasteiger partial charge < -0.3 is 11.1 Å². The fraction of sp³-hybridized carbons (Fsp3) is 0.273. The van der Waals surface area contributed by atoms with Gasteiger partial charge in [0.25, 0.3) is 0 Å². The van der Waals surface area contributed by atoms with Crippen LogP contribution in [-0.4, -0.2) is 6.04 Å². The number of nitrogens with one attached hydrogen (secondary N) is 1. The Morgan fingerprint density at radius 2 is 2.00 bits per heavy atom. The molecule has 1 aromatic carbocycles. The Morgan fingerprint density at radius 3 is 2.47 bits per heavy atom. The summed E-state index contributed by atoms with van der Waals surface area (Å²) in [5, 5.41) is 4.29. The van der Waals surface area contributed by atoms with Gasteiger partial charge in [0.15, 0.2) is 0 Å². The van der Waals surface area contributed by atoms with Gasteiger partial charge in [-0.05, 0) is 25.5 Å². The molecule has 1 aromatic rings. The second-order valence-electron chi connectivity index (χ2n) is 3.43. The molecule has 1 unspecified atom stereocenters. The van der Waals surface area contributed by atoms with Crippen molar-refractivity contribution in [2.45, 2.75) is 19.4 Å².